The fourth-order valence-corrected chi connectivity index (χ4v) is 4.89. The molecule has 0 radical (unpaired) electrons. The Bertz CT molecular complexity index is 1130. The summed E-state index contributed by atoms with van der Waals surface area (Å²) in [4.78, 5) is 16.6. The van der Waals surface area contributed by atoms with Crippen molar-refractivity contribution in [2.75, 3.05) is 18.4 Å². The van der Waals surface area contributed by atoms with E-state index in [1.54, 1.807) is 43.2 Å². The van der Waals surface area contributed by atoms with E-state index in [0.29, 0.717) is 25.5 Å². The lowest BCUT2D eigenvalue weighted by molar-refractivity contribution is 0.102. The number of halogens is 1. The zero-order valence-corrected chi connectivity index (χ0v) is 18.2. The quantitative estimate of drug-likeness (QED) is 0.571. The SMILES string of the molecule is CCN(CC)S(=O)(=O)c1cc(C(=O)Nc2ccn(Cc3cccnc3)n2)ccc1Cl. The van der Waals surface area contributed by atoms with Gasteiger partial charge in [0, 0.05) is 43.3 Å². The lowest BCUT2D eigenvalue weighted by atomic mass is 10.2. The second kappa shape index (κ2) is 9.38. The minimum Gasteiger partial charge on any atom is -0.305 e. The van der Waals surface area contributed by atoms with Gasteiger partial charge in [0.05, 0.1) is 11.6 Å². The van der Waals surface area contributed by atoms with Gasteiger partial charge in [-0.15, -0.1) is 0 Å². The number of carbonyl (C=O) groups excluding carboxylic acids is 1. The van der Waals surface area contributed by atoms with E-state index >= 15 is 0 Å². The maximum absolute atomic E-state index is 12.8. The fourth-order valence-electron chi connectivity index (χ4n) is 2.93. The van der Waals surface area contributed by atoms with Crippen molar-refractivity contribution >= 4 is 33.3 Å². The van der Waals surface area contributed by atoms with Crippen LogP contribution in [0.4, 0.5) is 5.82 Å². The average molecular weight is 448 g/mol. The first kappa shape index (κ1) is 21.9. The summed E-state index contributed by atoms with van der Waals surface area (Å²) >= 11 is 6.13. The highest BCUT2D eigenvalue weighted by Gasteiger charge is 2.25. The average Bonchev–Trinajstić information content (AvgIpc) is 3.16. The molecule has 2 aromatic heterocycles. The molecule has 3 rings (SSSR count). The predicted molar refractivity (Wildman–Crippen MR) is 115 cm³/mol. The van der Waals surface area contributed by atoms with Gasteiger partial charge in [-0.1, -0.05) is 31.5 Å². The summed E-state index contributed by atoms with van der Waals surface area (Å²) in [5, 5.41) is 7.07. The van der Waals surface area contributed by atoms with E-state index in [1.165, 1.54) is 22.5 Å². The summed E-state index contributed by atoms with van der Waals surface area (Å²) in [7, 11) is -3.80. The number of hydrogen-bond donors (Lipinski definition) is 1. The molecule has 10 heteroatoms. The van der Waals surface area contributed by atoms with Crippen molar-refractivity contribution in [3.63, 3.8) is 0 Å². The lowest BCUT2D eigenvalue weighted by Gasteiger charge is -2.19. The standard InChI is InChI=1S/C20H22ClN5O3S/c1-3-26(4-2)30(28,29)18-12-16(7-8-17(18)21)20(27)23-19-9-11-25(24-19)14-15-6-5-10-22-13-15/h5-13H,3-4,14H2,1-2H3,(H,23,24,27). The smallest absolute Gasteiger partial charge is 0.256 e. The third-order valence-corrected chi connectivity index (χ3v) is 7.00. The number of anilines is 1. The molecule has 158 valence electrons. The first-order valence-corrected chi connectivity index (χ1v) is 11.2. The molecule has 0 aliphatic heterocycles. The lowest BCUT2D eigenvalue weighted by Crippen LogP contribution is -2.31. The number of carbonyl (C=O) groups is 1. The molecule has 0 spiro atoms. The molecule has 8 nitrogen and oxygen atoms in total. The van der Waals surface area contributed by atoms with Crippen LogP contribution >= 0.6 is 11.6 Å². The van der Waals surface area contributed by atoms with E-state index in [1.807, 2.05) is 12.1 Å². The number of nitrogens with zero attached hydrogens (tertiary/aromatic N) is 4. The molecule has 0 unspecified atom stereocenters. The van der Waals surface area contributed by atoms with Crippen LogP contribution in [0.15, 0.2) is 59.9 Å². The van der Waals surface area contributed by atoms with Crippen LogP contribution < -0.4 is 5.32 Å². The van der Waals surface area contributed by atoms with Gasteiger partial charge >= 0.3 is 0 Å². The van der Waals surface area contributed by atoms with Gasteiger partial charge in [0.15, 0.2) is 5.82 Å². The molecule has 0 bridgehead atoms. The Kier molecular flexibility index (Phi) is 6.86. The number of aromatic nitrogens is 3. The number of sulfonamides is 1. The molecule has 0 aliphatic carbocycles. The zero-order valence-electron chi connectivity index (χ0n) is 16.6. The van der Waals surface area contributed by atoms with Gasteiger partial charge in [0.25, 0.3) is 5.91 Å². The van der Waals surface area contributed by atoms with Crippen LogP contribution in [-0.4, -0.2) is 46.5 Å². The Labute approximate surface area is 180 Å². The molecule has 30 heavy (non-hydrogen) atoms. The van der Waals surface area contributed by atoms with Crippen molar-refractivity contribution in [1.82, 2.24) is 19.1 Å². The summed E-state index contributed by atoms with van der Waals surface area (Å²) < 4.78 is 28.6. The number of benzene rings is 1. The molecule has 0 saturated heterocycles. The highest BCUT2D eigenvalue weighted by Crippen LogP contribution is 2.26. The largest absolute Gasteiger partial charge is 0.305 e. The molecule has 0 atom stereocenters. The highest BCUT2D eigenvalue weighted by atomic mass is 35.5. The summed E-state index contributed by atoms with van der Waals surface area (Å²) in [6.07, 6.45) is 5.17. The minimum atomic E-state index is -3.80. The first-order valence-electron chi connectivity index (χ1n) is 9.38. The monoisotopic (exact) mass is 447 g/mol. The van der Waals surface area contributed by atoms with Gasteiger partial charge in [-0.3, -0.25) is 14.5 Å². The van der Waals surface area contributed by atoms with Gasteiger partial charge in [-0.05, 0) is 29.8 Å². The number of hydrogen-bond acceptors (Lipinski definition) is 5. The Morgan fingerprint density at radius 2 is 1.97 bits per heavy atom. The topological polar surface area (TPSA) is 97.2 Å². The Morgan fingerprint density at radius 3 is 2.63 bits per heavy atom. The number of rotatable bonds is 8. The van der Waals surface area contributed by atoms with Crippen molar-refractivity contribution in [2.45, 2.75) is 25.3 Å². The molecule has 2 heterocycles. The van der Waals surface area contributed by atoms with Crippen LogP contribution in [0.5, 0.6) is 0 Å². The van der Waals surface area contributed by atoms with Gasteiger partial charge in [-0.25, -0.2) is 8.42 Å². The maximum atomic E-state index is 12.8. The van der Waals surface area contributed by atoms with E-state index < -0.39 is 15.9 Å². The summed E-state index contributed by atoms with van der Waals surface area (Å²) in [5.41, 5.74) is 1.15. The van der Waals surface area contributed by atoms with Crippen molar-refractivity contribution in [1.29, 1.82) is 0 Å². The molecule has 0 fully saturated rings. The van der Waals surface area contributed by atoms with Crippen LogP contribution in [0.2, 0.25) is 5.02 Å². The summed E-state index contributed by atoms with van der Waals surface area (Å²) in [6, 6.07) is 9.61. The van der Waals surface area contributed by atoms with Crippen molar-refractivity contribution in [3.05, 3.63) is 71.1 Å². The summed E-state index contributed by atoms with van der Waals surface area (Å²) in [5.74, 6) is -0.124. The number of nitrogens with one attached hydrogen (secondary N) is 1. The molecular formula is C20H22ClN5O3S. The zero-order chi connectivity index (χ0) is 21.7. The van der Waals surface area contributed by atoms with Crippen LogP contribution in [0.1, 0.15) is 29.8 Å². The minimum absolute atomic E-state index is 0.0687. The first-order chi connectivity index (χ1) is 14.3. The summed E-state index contributed by atoms with van der Waals surface area (Å²) in [6.45, 7) is 4.61. The third-order valence-electron chi connectivity index (χ3n) is 4.47. The third kappa shape index (κ3) is 4.86. The van der Waals surface area contributed by atoms with E-state index in [0.717, 1.165) is 5.56 Å². The van der Waals surface area contributed by atoms with Crippen LogP contribution in [-0.2, 0) is 16.6 Å². The second-order valence-electron chi connectivity index (χ2n) is 6.45. The molecule has 1 aromatic carbocycles. The second-order valence-corrected chi connectivity index (χ2v) is 8.76. The fraction of sp³-hybridized carbons (Fsp3) is 0.250. The van der Waals surface area contributed by atoms with Gasteiger partial charge in [0.1, 0.15) is 4.90 Å². The predicted octanol–water partition coefficient (Wildman–Crippen LogP) is 3.26. The Balaban J connectivity index is 1.78. The molecular weight excluding hydrogens is 426 g/mol. The van der Waals surface area contributed by atoms with Crippen molar-refractivity contribution in [2.24, 2.45) is 0 Å². The van der Waals surface area contributed by atoms with Gasteiger partial charge < -0.3 is 5.32 Å². The Hall–Kier alpha value is -2.75. The van der Waals surface area contributed by atoms with Crippen LogP contribution in [0, 0.1) is 0 Å². The van der Waals surface area contributed by atoms with E-state index in [-0.39, 0.29) is 15.5 Å². The van der Waals surface area contributed by atoms with Crippen molar-refractivity contribution < 1.29 is 13.2 Å². The van der Waals surface area contributed by atoms with E-state index in [4.69, 9.17) is 11.6 Å². The molecule has 0 saturated carbocycles. The van der Waals surface area contributed by atoms with Gasteiger partial charge in [0.2, 0.25) is 10.0 Å². The van der Waals surface area contributed by atoms with E-state index in [9.17, 15) is 13.2 Å². The molecule has 1 amide bonds. The number of pyridine rings is 1. The number of amides is 1. The normalized spacial score (nSPS) is 11.6. The van der Waals surface area contributed by atoms with Crippen LogP contribution in [0.3, 0.4) is 0 Å². The van der Waals surface area contributed by atoms with Gasteiger partial charge in [-0.2, -0.15) is 9.40 Å². The van der Waals surface area contributed by atoms with E-state index in [2.05, 4.69) is 15.4 Å². The Morgan fingerprint density at radius 1 is 1.20 bits per heavy atom. The maximum Gasteiger partial charge on any atom is 0.256 e. The molecule has 1 N–H and O–H groups in total. The molecule has 0 aliphatic rings. The highest BCUT2D eigenvalue weighted by molar-refractivity contribution is 7.89. The van der Waals surface area contributed by atoms with Crippen molar-refractivity contribution in [3.8, 4) is 0 Å². The van der Waals surface area contributed by atoms with Crippen LogP contribution in [0.25, 0.3) is 0 Å². The molecule has 3 aromatic rings.